The molecule has 0 aliphatic carbocycles. The molecule has 0 aromatic heterocycles. The number of benzene rings is 1. The van der Waals surface area contributed by atoms with Crippen molar-refractivity contribution in [2.75, 3.05) is 6.61 Å². The van der Waals surface area contributed by atoms with Gasteiger partial charge in [-0.2, -0.15) is 0 Å². The summed E-state index contributed by atoms with van der Waals surface area (Å²) < 4.78 is 5.27. The van der Waals surface area contributed by atoms with E-state index in [2.05, 4.69) is 0 Å². The Morgan fingerprint density at radius 1 is 1.60 bits per heavy atom. The number of carbonyl (C=O) groups is 1. The van der Waals surface area contributed by atoms with E-state index < -0.39 is 5.97 Å². The van der Waals surface area contributed by atoms with Crippen molar-refractivity contribution in [3.05, 3.63) is 40.9 Å². The quantitative estimate of drug-likeness (QED) is 0.803. The van der Waals surface area contributed by atoms with Crippen molar-refractivity contribution in [2.24, 2.45) is 0 Å². The molecule has 0 fully saturated rings. The Kier molecular flexibility index (Phi) is 4.18. The highest BCUT2D eigenvalue weighted by Crippen LogP contribution is 2.23. The minimum atomic E-state index is -1.03. The minimum absolute atomic E-state index is 0.115. The van der Waals surface area contributed by atoms with Crippen LogP contribution in [0.25, 0.3) is 0 Å². The van der Waals surface area contributed by atoms with Gasteiger partial charge in [-0.05, 0) is 25.1 Å². The maximum Gasteiger partial charge on any atom is 0.339 e. The van der Waals surface area contributed by atoms with Crippen LogP contribution in [-0.4, -0.2) is 17.7 Å². The van der Waals surface area contributed by atoms with E-state index in [1.54, 1.807) is 6.08 Å². The van der Waals surface area contributed by atoms with Crippen LogP contribution in [0.1, 0.15) is 17.3 Å². The molecule has 0 unspecified atom stereocenters. The SMILES string of the molecule is CC=CCOc1cc(Cl)ccc1C(=O)O. The zero-order valence-corrected chi connectivity index (χ0v) is 8.99. The van der Waals surface area contributed by atoms with E-state index in [4.69, 9.17) is 21.4 Å². The zero-order valence-electron chi connectivity index (χ0n) is 8.24. The van der Waals surface area contributed by atoms with Gasteiger partial charge in [0.2, 0.25) is 0 Å². The normalized spacial score (nSPS) is 10.5. The van der Waals surface area contributed by atoms with E-state index in [0.29, 0.717) is 11.6 Å². The molecule has 80 valence electrons. The molecule has 1 aromatic carbocycles. The van der Waals surface area contributed by atoms with Gasteiger partial charge in [0.05, 0.1) is 0 Å². The van der Waals surface area contributed by atoms with Crippen LogP contribution in [0.3, 0.4) is 0 Å². The molecule has 1 aromatic rings. The molecule has 0 heterocycles. The fraction of sp³-hybridized carbons (Fsp3) is 0.182. The topological polar surface area (TPSA) is 46.5 Å². The van der Waals surface area contributed by atoms with Crippen LogP contribution in [0, 0.1) is 0 Å². The highest BCUT2D eigenvalue weighted by molar-refractivity contribution is 6.30. The number of hydrogen-bond donors (Lipinski definition) is 1. The van der Waals surface area contributed by atoms with Crippen LogP contribution >= 0.6 is 11.6 Å². The second-order valence-corrected chi connectivity index (χ2v) is 3.26. The van der Waals surface area contributed by atoms with Crippen LogP contribution in [0.15, 0.2) is 30.4 Å². The van der Waals surface area contributed by atoms with Crippen LogP contribution in [0.2, 0.25) is 5.02 Å². The standard InChI is InChI=1S/C11H11ClO3/c1-2-3-6-15-10-7-8(12)4-5-9(10)11(13)14/h2-5,7H,6H2,1H3,(H,13,14). The van der Waals surface area contributed by atoms with Crippen molar-refractivity contribution in [1.82, 2.24) is 0 Å². The zero-order chi connectivity index (χ0) is 11.3. The molecule has 0 saturated heterocycles. The summed E-state index contributed by atoms with van der Waals surface area (Å²) in [6.45, 7) is 2.19. The van der Waals surface area contributed by atoms with Gasteiger partial charge >= 0.3 is 5.97 Å². The average molecular weight is 227 g/mol. The first kappa shape index (κ1) is 11.6. The molecular weight excluding hydrogens is 216 g/mol. The smallest absolute Gasteiger partial charge is 0.339 e. The Balaban J connectivity index is 2.91. The molecule has 0 atom stereocenters. The Hall–Kier alpha value is -1.48. The van der Waals surface area contributed by atoms with Gasteiger partial charge in [-0.25, -0.2) is 4.79 Å². The number of rotatable bonds is 4. The first-order valence-electron chi connectivity index (χ1n) is 4.42. The van der Waals surface area contributed by atoms with E-state index in [0.717, 1.165) is 0 Å². The monoisotopic (exact) mass is 226 g/mol. The number of carboxylic acid groups (broad SMARTS) is 1. The summed E-state index contributed by atoms with van der Waals surface area (Å²) in [6.07, 6.45) is 3.61. The number of halogens is 1. The van der Waals surface area contributed by atoms with Gasteiger partial charge < -0.3 is 9.84 Å². The molecule has 0 bridgehead atoms. The van der Waals surface area contributed by atoms with Gasteiger partial charge in [0.15, 0.2) is 0 Å². The maximum absolute atomic E-state index is 10.8. The first-order valence-corrected chi connectivity index (χ1v) is 4.79. The fourth-order valence-corrected chi connectivity index (χ4v) is 1.19. The summed E-state index contributed by atoms with van der Waals surface area (Å²) in [4.78, 5) is 10.8. The third-order valence-electron chi connectivity index (χ3n) is 1.74. The lowest BCUT2D eigenvalue weighted by molar-refractivity contribution is 0.0693. The van der Waals surface area contributed by atoms with E-state index in [-0.39, 0.29) is 11.3 Å². The minimum Gasteiger partial charge on any atom is -0.489 e. The summed E-state index contributed by atoms with van der Waals surface area (Å²) >= 11 is 5.74. The highest BCUT2D eigenvalue weighted by Gasteiger charge is 2.10. The van der Waals surface area contributed by atoms with E-state index in [9.17, 15) is 4.79 Å². The summed E-state index contributed by atoms with van der Waals surface area (Å²) in [5.74, 6) is -0.741. The maximum atomic E-state index is 10.8. The van der Waals surface area contributed by atoms with Gasteiger partial charge in [-0.3, -0.25) is 0 Å². The first-order chi connectivity index (χ1) is 7.15. The Bertz CT molecular complexity index is 385. The van der Waals surface area contributed by atoms with Crippen molar-refractivity contribution < 1.29 is 14.6 Å². The lowest BCUT2D eigenvalue weighted by atomic mass is 10.2. The van der Waals surface area contributed by atoms with Crippen LogP contribution < -0.4 is 4.74 Å². The lowest BCUT2D eigenvalue weighted by Gasteiger charge is -2.07. The third kappa shape index (κ3) is 3.29. The van der Waals surface area contributed by atoms with Crippen molar-refractivity contribution >= 4 is 17.6 Å². The highest BCUT2D eigenvalue weighted by atomic mass is 35.5. The van der Waals surface area contributed by atoms with E-state index in [1.165, 1.54) is 18.2 Å². The summed E-state index contributed by atoms with van der Waals surface area (Å²) in [5, 5.41) is 9.33. The van der Waals surface area contributed by atoms with E-state index >= 15 is 0 Å². The summed E-state index contributed by atoms with van der Waals surface area (Å²) in [7, 11) is 0. The second-order valence-electron chi connectivity index (χ2n) is 2.83. The number of aromatic carboxylic acids is 1. The molecule has 0 aliphatic rings. The molecule has 3 nitrogen and oxygen atoms in total. The number of ether oxygens (including phenoxy) is 1. The molecule has 0 radical (unpaired) electrons. The lowest BCUT2D eigenvalue weighted by Crippen LogP contribution is -2.03. The fourth-order valence-electron chi connectivity index (χ4n) is 1.03. The molecule has 0 aliphatic heterocycles. The third-order valence-corrected chi connectivity index (χ3v) is 1.98. The van der Waals surface area contributed by atoms with Gasteiger partial charge in [0, 0.05) is 5.02 Å². The number of hydrogen-bond acceptors (Lipinski definition) is 2. The molecule has 0 saturated carbocycles. The van der Waals surface area contributed by atoms with Gasteiger partial charge in [0.25, 0.3) is 0 Å². The molecule has 15 heavy (non-hydrogen) atoms. The predicted molar refractivity (Wildman–Crippen MR) is 58.7 cm³/mol. The number of allylic oxidation sites excluding steroid dienone is 1. The van der Waals surface area contributed by atoms with Gasteiger partial charge in [-0.15, -0.1) is 0 Å². The Morgan fingerprint density at radius 3 is 2.93 bits per heavy atom. The van der Waals surface area contributed by atoms with Crippen LogP contribution in [-0.2, 0) is 0 Å². The molecule has 1 N–H and O–H groups in total. The molecule has 4 heteroatoms. The summed E-state index contributed by atoms with van der Waals surface area (Å²) in [5.41, 5.74) is 0.115. The average Bonchev–Trinajstić information content (AvgIpc) is 2.18. The molecule has 0 amide bonds. The number of carboxylic acids is 1. The van der Waals surface area contributed by atoms with E-state index in [1.807, 2.05) is 13.0 Å². The predicted octanol–water partition coefficient (Wildman–Crippen LogP) is 2.99. The molecule has 0 spiro atoms. The second kappa shape index (κ2) is 5.41. The Labute approximate surface area is 92.9 Å². The van der Waals surface area contributed by atoms with Crippen molar-refractivity contribution in [1.29, 1.82) is 0 Å². The van der Waals surface area contributed by atoms with Crippen molar-refractivity contribution in [3.8, 4) is 5.75 Å². The molecule has 1 rings (SSSR count). The summed E-state index contributed by atoms with van der Waals surface area (Å²) in [6, 6.07) is 4.44. The van der Waals surface area contributed by atoms with Crippen LogP contribution in [0.4, 0.5) is 0 Å². The Morgan fingerprint density at radius 2 is 2.33 bits per heavy atom. The van der Waals surface area contributed by atoms with Crippen LogP contribution in [0.5, 0.6) is 5.75 Å². The van der Waals surface area contributed by atoms with Crippen molar-refractivity contribution in [3.63, 3.8) is 0 Å². The van der Waals surface area contributed by atoms with Gasteiger partial charge in [-0.1, -0.05) is 23.8 Å². The largest absolute Gasteiger partial charge is 0.489 e. The van der Waals surface area contributed by atoms with Gasteiger partial charge in [0.1, 0.15) is 17.9 Å². The molecular formula is C11H11ClO3. The van der Waals surface area contributed by atoms with Crippen molar-refractivity contribution in [2.45, 2.75) is 6.92 Å².